The largest absolute Gasteiger partial charge is 0.497 e. The monoisotopic (exact) mass is 488 g/mol. The van der Waals surface area contributed by atoms with E-state index < -0.39 is 0 Å². The highest BCUT2D eigenvalue weighted by molar-refractivity contribution is 14.0. The number of likely N-dealkylation sites (tertiary alicyclic amines) is 1. The second kappa shape index (κ2) is 11.7. The molecule has 0 amide bonds. The predicted octanol–water partition coefficient (Wildman–Crippen LogP) is 2.23. The fourth-order valence-corrected chi connectivity index (χ4v) is 3.68. The first-order valence-corrected chi connectivity index (χ1v) is 9.78. The van der Waals surface area contributed by atoms with Gasteiger partial charge in [0.25, 0.3) is 0 Å². The number of nitrogens with one attached hydrogen (secondary N) is 1. The Hall–Kier alpha value is -1.06. The molecule has 27 heavy (non-hydrogen) atoms. The molecule has 0 aromatic heterocycles. The summed E-state index contributed by atoms with van der Waals surface area (Å²) in [5.74, 6) is 1.95. The van der Waals surface area contributed by atoms with Crippen LogP contribution in [0.25, 0.3) is 0 Å². The molecule has 1 aromatic carbocycles. The average molecular weight is 488 g/mol. The summed E-state index contributed by atoms with van der Waals surface area (Å²) >= 11 is 0. The predicted molar refractivity (Wildman–Crippen MR) is 120 cm³/mol. The minimum atomic E-state index is 0. The molecule has 2 heterocycles. The molecule has 0 spiro atoms. The van der Waals surface area contributed by atoms with E-state index in [1.807, 2.05) is 12.1 Å². The quantitative estimate of drug-likeness (QED) is 0.378. The van der Waals surface area contributed by atoms with Crippen molar-refractivity contribution in [2.24, 2.45) is 4.99 Å². The Bertz CT molecular complexity index is 576. The van der Waals surface area contributed by atoms with Crippen molar-refractivity contribution in [3.63, 3.8) is 0 Å². The number of hydrogen-bond donors (Lipinski definition) is 1. The van der Waals surface area contributed by atoms with Crippen LogP contribution in [0.4, 0.5) is 0 Å². The molecule has 7 heteroatoms. The van der Waals surface area contributed by atoms with Crippen LogP contribution in [0.1, 0.15) is 18.9 Å². The van der Waals surface area contributed by atoms with Gasteiger partial charge in [0.05, 0.1) is 20.3 Å². The van der Waals surface area contributed by atoms with Gasteiger partial charge < -0.3 is 19.7 Å². The number of halogens is 1. The zero-order valence-electron chi connectivity index (χ0n) is 16.5. The fourth-order valence-electron chi connectivity index (χ4n) is 3.68. The van der Waals surface area contributed by atoms with E-state index >= 15 is 0 Å². The van der Waals surface area contributed by atoms with E-state index in [4.69, 9.17) is 14.5 Å². The lowest BCUT2D eigenvalue weighted by Crippen LogP contribution is -2.46. The first-order valence-electron chi connectivity index (χ1n) is 9.78. The zero-order chi connectivity index (χ0) is 18.2. The Morgan fingerprint density at radius 3 is 2.63 bits per heavy atom. The van der Waals surface area contributed by atoms with Crippen molar-refractivity contribution in [3.8, 4) is 5.75 Å². The summed E-state index contributed by atoms with van der Waals surface area (Å²) in [5, 5.41) is 3.47. The molecule has 1 N–H and O–H groups in total. The molecule has 1 atom stereocenters. The third kappa shape index (κ3) is 6.50. The number of methoxy groups -OCH3 is 1. The van der Waals surface area contributed by atoms with Crippen molar-refractivity contribution >= 4 is 29.9 Å². The van der Waals surface area contributed by atoms with E-state index in [9.17, 15) is 0 Å². The summed E-state index contributed by atoms with van der Waals surface area (Å²) in [5.41, 5.74) is 1.29. The number of nitrogens with zero attached hydrogens (tertiary/aromatic N) is 3. The second-order valence-corrected chi connectivity index (χ2v) is 6.87. The lowest BCUT2D eigenvalue weighted by atomic mass is 10.1. The molecule has 152 valence electrons. The van der Waals surface area contributed by atoms with Crippen LogP contribution >= 0.6 is 24.0 Å². The van der Waals surface area contributed by atoms with Crippen molar-refractivity contribution in [1.29, 1.82) is 0 Å². The van der Waals surface area contributed by atoms with Crippen LogP contribution in [-0.4, -0.2) is 81.4 Å². The normalized spacial score (nSPS) is 21.0. The standard InChI is InChI=1S/C20H32N4O2.HI/c1-3-21-20(22-10-8-17-4-6-19(25-2)7-5-17)24-11-9-18(16-24)23-12-14-26-15-13-23;/h4-7,18H,3,8-16H2,1-2H3,(H,21,22);1H. The smallest absolute Gasteiger partial charge is 0.193 e. The molecular formula is C20H33IN4O2. The number of benzene rings is 1. The van der Waals surface area contributed by atoms with E-state index in [1.54, 1.807) is 7.11 Å². The van der Waals surface area contributed by atoms with Gasteiger partial charge in [-0.15, -0.1) is 24.0 Å². The van der Waals surface area contributed by atoms with Crippen LogP contribution in [0, 0.1) is 0 Å². The van der Waals surface area contributed by atoms with E-state index in [0.717, 1.165) is 70.6 Å². The van der Waals surface area contributed by atoms with Gasteiger partial charge in [-0.05, 0) is 37.5 Å². The van der Waals surface area contributed by atoms with Crippen molar-refractivity contribution in [2.75, 3.05) is 59.6 Å². The van der Waals surface area contributed by atoms with Gasteiger partial charge in [0.1, 0.15) is 5.75 Å². The maximum Gasteiger partial charge on any atom is 0.193 e. The van der Waals surface area contributed by atoms with Crippen molar-refractivity contribution < 1.29 is 9.47 Å². The molecule has 0 radical (unpaired) electrons. The van der Waals surface area contributed by atoms with Crippen LogP contribution < -0.4 is 10.1 Å². The lowest BCUT2D eigenvalue weighted by molar-refractivity contribution is 0.0195. The molecule has 0 bridgehead atoms. The highest BCUT2D eigenvalue weighted by atomic mass is 127. The van der Waals surface area contributed by atoms with E-state index in [0.29, 0.717) is 6.04 Å². The molecular weight excluding hydrogens is 455 g/mol. The van der Waals surface area contributed by atoms with Crippen LogP contribution in [-0.2, 0) is 11.2 Å². The van der Waals surface area contributed by atoms with E-state index in [-0.39, 0.29) is 24.0 Å². The average Bonchev–Trinajstić information content (AvgIpc) is 3.19. The molecule has 1 unspecified atom stereocenters. The summed E-state index contributed by atoms with van der Waals surface area (Å²) in [7, 11) is 1.70. The second-order valence-electron chi connectivity index (χ2n) is 6.87. The zero-order valence-corrected chi connectivity index (χ0v) is 18.9. The summed E-state index contributed by atoms with van der Waals surface area (Å²) in [6.07, 6.45) is 2.16. The Morgan fingerprint density at radius 1 is 1.22 bits per heavy atom. The van der Waals surface area contributed by atoms with Crippen LogP contribution in [0.15, 0.2) is 29.3 Å². The third-order valence-corrected chi connectivity index (χ3v) is 5.18. The number of hydrogen-bond acceptors (Lipinski definition) is 4. The maximum atomic E-state index is 5.48. The summed E-state index contributed by atoms with van der Waals surface area (Å²) in [6, 6.07) is 8.89. The minimum absolute atomic E-state index is 0. The SMILES string of the molecule is CCNC(=NCCc1ccc(OC)cc1)N1CCC(N2CCOCC2)C1.I. The highest BCUT2D eigenvalue weighted by Gasteiger charge is 2.30. The Kier molecular flexibility index (Phi) is 9.64. The molecule has 3 rings (SSSR count). The van der Waals surface area contributed by atoms with E-state index in [2.05, 4.69) is 34.2 Å². The Labute approximate surface area is 180 Å². The van der Waals surface area contributed by atoms with Crippen LogP contribution in [0.3, 0.4) is 0 Å². The Balaban J connectivity index is 0.00000261. The van der Waals surface area contributed by atoms with Crippen LogP contribution in [0.5, 0.6) is 5.75 Å². The van der Waals surface area contributed by atoms with Gasteiger partial charge in [-0.3, -0.25) is 9.89 Å². The topological polar surface area (TPSA) is 49.3 Å². The maximum absolute atomic E-state index is 5.48. The van der Waals surface area contributed by atoms with Gasteiger partial charge in [0.15, 0.2) is 5.96 Å². The molecule has 2 saturated heterocycles. The lowest BCUT2D eigenvalue weighted by Gasteiger charge is -2.32. The van der Waals surface area contributed by atoms with Crippen LogP contribution in [0.2, 0.25) is 0 Å². The van der Waals surface area contributed by atoms with E-state index in [1.165, 1.54) is 12.0 Å². The van der Waals surface area contributed by atoms with Gasteiger partial charge in [0.2, 0.25) is 0 Å². The summed E-state index contributed by atoms with van der Waals surface area (Å²) in [4.78, 5) is 9.86. The molecule has 2 aliphatic heterocycles. The van der Waals surface area contributed by atoms with Crippen molar-refractivity contribution in [1.82, 2.24) is 15.1 Å². The van der Waals surface area contributed by atoms with Gasteiger partial charge in [-0.2, -0.15) is 0 Å². The molecule has 6 nitrogen and oxygen atoms in total. The summed E-state index contributed by atoms with van der Waals surface area (Å²) in [6.45, 7) is 9.83. The minimum Gasteiger partial charge on any atom is -0.497 e. The molecule has 2 fully saturated rings. The van der Waals surface area contributed by atoms with Crippen molar-refractivity contribution in [2.45, 2.75) is 25.8 Å². The van der Waals surface area contributed by atoms with Gasteiger partial charge >= 0.3 is 0 Å². The first kappa shape index (κ1) is 22.2. The van der Waals surface area contributed by atoms with Gasteiger partial charge in [-0.25, -0.2) is 0 Å². The first-order chi connectivity index (χ1) is 12.8. The van der Waals surface area contributed by atoms with Gasteiger partial charge in [0, 0.05) is 45.3 Å². The highest BCUT2D eigenvalue weighted by Crippen LogP contribution is 2.17. The number of morpholine rings is 1. The molecule has 0 saturated carbocycles. The molecule has 0 aliphatic carbocycles. The third-order valence-electron chi connectivity index (χ3n) is 5.18. The summed E-state index contributed by atoms with van der Waals surface area (Å²) < 4.78 is 10.7. The fraction of sp³-hybridized carbons (Fsp3) is 0.650. The number of ether oxygens (including phenoxy) is 2. The van der Waals surface area contributed by atoms with Gasteiger partial charge in [-0.1, -0.05) is 12.1 Å². The number of aliphatic imine (C=N–C) groups is 1. The molecule has 2 aliphatic rings. The molecule has 1 aromatic rings. The number of guanidine groups is 1. The van der Waals surface area contributed by atoms with Crippen molar-refractivity contribution in [3.05, 3.63) is 29.8 Å². The number of rotatable bonds is 6. The Morgan fingerprint density at radius 2 is 1.96 bits per heavy atom.